The molecule has 2 N–H and O–H groups in total. The van der Waals surface area contributed by atoms with E-state index in [0.717, 1.165) is 16.5 Å². The molecule has 1 aromatic heterocycles. The van der Waals surface area contributed by atoms with Crippen molar-refractivity contribution >= 4 is 34.4 Å². The van der Waals surface area contributed by atoms with Crippen molar-refractivity contribution in [1.29, 1.82) is 0 Å². The molecule has 0 aliphatic carbocycles. The summed E-state index contributed by atoms with van der Waals surface area (Å²) in [6.45, 7) is 5.56. The maximum Gasteiger partial charge on any atom is 0.305 e. The van der Waals surface area contributed by atoms with E-state index in [1.165, 1.54) is 0 Å². The summed E-state index contributed by atoms with van der Waals surface area (Å²) < 4.78 is 5.57. The number of rotatable bonds is 2. The Morgan fingerprint density at radius 2 is 1.72 bits per heavy atom. The molecular weight excluding hydrogens is 340 g/mol. The Morgan fingerprint density at radius 1 is 1.00 bits per heavy atom. The molecule has 0 radical (unpaired) electrons. The predicted octanol–water partition coefficient (Wildman–Crippen LogP) is 4.09. The van der Waals surface area contributed by atoms with Crippen LogP contribution in [0.2, 0.25) is 5.02 Å². The molecule has 3 aromatic rings. The van der Waals surface area contributed by atoms with Gasteiger partial charge in [-0.15, -0.1) is 0 Å². The number of carbonyl (C=O) groups excluding carboxylic acids is 2. The van der Waals surface area contributed by atoms with Gasteiger partial charge in [-0.3, -0.25) is 20.4 Å². The number of fused-ring (bicyclic) bond motifs is 1. The Morgan fingerprint density at radius 3 is 2.40 bits per heavy atom. The normalized spacial score (nSPS) is 10.7. The Kier molecular flexibility index (Phi) is 4.51. The van der Waals surface area contributed by atoms with Crippen LogP contribution in [0.3, 0.4) is 0 Å². The Hall–Kier alpha value is -2.79. The topological polar surface area (TPSA) is 71.3 Å². The molecule has 2 amide bonds. The van der Waals surface area contributed by atoms with E-state index in [-0.39, 0.29) is 5.76 Å². The first-order chi connectivity index (χ1) is 11.9. The molecule has 0 fully saturated rings. The molecule has 0 saturated heterocycles. The summed E-state index contributed by atoms with van der Waals surface area (Å²) >= 11 is 6.09. The fraction of sp³-hybridized carbons (Fsp3) is 0.158. The standard InChI is InChI=1S/C19H17ClN2O3/c1-10-7-8-13(11(2)9-10)18(23)21-22-19(24)16-12(3)14-5-4-6-15(20)17(14)25-16/h4-9H,1-3H3,(H,21,23)(H,22,24). The van der Waals surface area contributed by atoms with Gasteiger partial charge in [0, 0.05) is 16.5 Å². The van der Waals surface area contributed by atoms with Crippen LogP contribution in [0.25, 0.3) is 11.0 Å². The highest BCUT2D eigenvalue weighted by Crippen LogP contribution is 2.30. The summed E-state index contributed by atoms with van der Waals surface area (Å²) in [4.78, 5) is 24.6. The van der Waals surface area contributed by atoms with Crippen molar-refractivity contribution in [2.24, 2.45) is 0 Å². The Labute approximate surface area is 149 Å². The lowest BCUT2D eigenvalue weighted by molar-refractivity contribution is 0.0831. The summed E-state index contributed by atoms with van der Waals surface area (Å²) in [7, 11) is 0. The first-order valence-corrected chi connectivity index (χ1v) is 8.12. The number of furan rings is 1. The molecule has 0 aliphatic heterocycles. The van der Waals surface area contributed by atoms with Crippen molar-refractivity contribution in [2.75, 3.05) is 0 Å². The van der Waals surface area contributed by atoms with Crippen LogP contribution in [0.5, 0.6) is 0 Å². The number of halogens is 1. The molecule has 128 valence electrons. The average molecular weight is 357 g/mol. The van der Waals surface area contributed by atoms with Crippen molar-refractivity contribution in [3.05, 3.63) is 69.4 Å². The third kappa shape index (κ3) is 3.23. The van der Waals surface area contributed by atoms with Gasteiger partial charge >= 0.3 is 5.91 Å². The maximum atomic E-state index is 12.4. The molecular formula is C19H17ClN2O3. The number of hydrogen-bond acceptors (Lipinski definition) is 3. The van der Waals surface area contributed by atoms with Crippen molar-refractivity contribution < 1.29 is 14.0 Å². The summed E-state index contributed by atoms with van der Waals surface area (Å²) in [5, 5.41) is 1.19. The Balaban J connectivity index is 1.78. The van der Waals surface area contributed by atoms with E-state index in [2.05, 4.69) is 10.9 Å². The zero-order valence-corrected chi connectivity index (χ0v) is 14.8. The molecule has 0 bridgehead atoms. The number of para-hydroxylation sites is 1. The number of aryl methyl sites for hydroxylation is 3. The van der Waals surface area contributed by atoms with Gasteiger partial charge in [0.05, 0.1) is 5.02 Å². The van der Waals surface area contributed by atoms with Gasteiger partial charge in [0.2, 0.25) is 0 Å². The summed E-state index contributed by atoms with van der Waals surface area (Å²) in [6.07, 6.45) is 0. The van der Waals surface area contributed by atoms with Gasteiger partial charge in [0.15, 0.2) is 11.3 Å². The van der Waals surface area contributed by atoms with Crippen molar-refractivity contribution in [2.45, 2.75) is 20.8 Å². The highest BCUT2D eigenvalue weighted by atomic mass is 35.5. The molecule has 1 heterocycles. The van der Waals surface area contributed by atoms with Gasteiger partial charge in [-0.2, -0.15) is 0 Å². The van der Waals surface area contributed by atoms with E-state index in [1.807, 2.05) is 32.0 Å². The van der Waals surface area contributed by atoms with Gasteiger partial charge in [-0.25, -0.2) is 0 Å². The highest BCUT2D eigenvalue weighted by molar-refractivity contribution is 6.35. The average Bonchev–Trinajstić information content (AvgIpc) is 2.91. The van der Waals surface area contributed by atoms with E-state index >= 15 is 0 Å². The molecule has 0 atom stereocenters. The molecule has 0 unspecified atom stereocenters. The van der Waals surface area contributed by atoms with Crippen LogP contribution < -0.4 is 10.9 Å². The largest absolute Gasteiger partial charge is 0.449 e. The Bertz CT molecular complexity index is 992. The molecule has 0 aliphatic rings. The third-order valence-corrected chi connectivity index (χ3v) is 4.34. The second-order valence-electron chi connectivity index (χ2n) is 5.90. The highest BCUT2D eigenvalue weighted by Gasteiger charge is 2.20. The minimum absolute atomic E-state index is 0.115. The van der Waals surface area contributed by atoms with E-state index < -0.39 is 11.8 Å². The molecule has 0 spiro atoms. The van der Waals surface area contributed by atoms with Crippen molar-refractivity contribution in [1.82, 2.24) is 10.9 Å². The van der Waals surface area contributed by atoms with Crippen LogP contribution in [-0.4, -0.2) is 11.8 Å². The van der Waals surface area contributed by atoms with Crippen LogP contribution in [0.1, 0.15) is 37.6 Å². The number of nitrogens with one attached hydrogen (secondary N) is 2. The van der Waals surface area contributed by atoms with E-state index in [1.54, 1.807) is 25.1 Å². The van der Waals surface area contributed by atoms with Gasteiger partial charge in [-0.1, -0.05) is 41.4 Å². The predicted molar refractivity (Wildman–Crippen MR) is 96.8 cm³/mol. The second kappa shape index (κ2) is 6.61. The first kappa shape index (κ1) is 17.0. The van der Waals surface area contributed by atoms with Crippen LogP contribution in [-0.2, 0) is 0 Å². The maximum absolute atomic E-state index is 12.4. The van der Waals surface area contributed by atoms with Crippen LogP contribution in [0.15, 0.2) is 40.8 Å². The smallest absolute Gasteiger partial charge is 0.305 e. The number of amides is 2. The monoisotopic (exact) mass is 356 g/mol. The van der Waals surface area contributed by atoms with Gasteiger partial charge in [0.25, 0.3) is 5.91 Å². The zero-order valence-electron chi connectivity index (χ0n) is 14.1. The number of benzene rings is 2. The minimum Gasteiger partial charge on any atom is -0.449 e. The number of hydrogen-bond donors (Lipinski definition) is 2. The summed E-state index contributed by atoms with van der Waals surface area (Å²) in [5.74, 6) is -0.815. The van der Waals surface area contributed by atoms with E-state index in [4.69, 9.17) is 16.0 Å². The van der Waals surface area contributed by atoms with Gasteiger partial charge in [0.1, 0.15) is 0 Å². The molecule has 0 saturated carbocycles. The second-order valence-corrected chi connectivity index (χ2v) is 6.31. The molecule has 2 aromatic carbocycles. The van der Waals surface area contributed by atoms with Gasteiger partial charge < -0.3 is 4.42 Å². The lowest BCUT2D eigenvalue weighted by Gasteiger charge is -2.09. The minimum atomic E-state index is -0.539. The fourth-order valence-electron chi connectivity index (χ4n) is 2.73. The van der Waals surface area contributed by atoms with Crippen LogP contribution >= 0.6 is 11.6 Å². The lowest BCUT2D eigenvalue weighted by Crippen LogP contribution is -2.42. The number of carbonyl (C=O) groups is 2. The summed E-state index contributed by atoms with van der Waals surface area (Å²) in [5.41, 5.74) is 8.30. The third-order valence-electron chi connectivity index (χ3n) is 4.04. The van der Waals surface area contributed by atoms with E-state index in [0.29, 0.717) is 21.7 Å². The summed E-state index contributed by atoms with van der Waals surface area (Å²) in [6, 6.07) is 10.8. The first-order valence-electron chi connectivity index (χ1n) is 7.74. The number of hydrazine groups is 1. The molecule has 5 nitrogen and oxygen atoms in total. The van der Waals surface area contributed by atoms with Gasteiger partial charge in [-0.05, 0) is 38.5 Å². The SMILES string of the molecule is Cc1ccc(C(=O)NNC(=O)c2oc3c(Cl)cccc3c2C)c(C)c1. The molecule has 25 heavy (non-hydrogen) atoms. The van der Waals surface area contributed by atoms with E-state index in [9.17, 15) is 9.59 Å². The van der Waals surface area contributed by atoms with Crippen molar-refractivity contribution in [3.8, 4) is 0 Å². The van der Waals surface area contributed by atoms with Crippen LogP contribution in [0.4, 0.5) is 0 Å². The zero-order chi connectivity index (χ0) is 18.1. The van der Waals surface area contributed by atoms with Crippen LogP contribution in [0, 0.1) is 20.8 Å². The quantitative estimate of drug-likeness (QED) is 0.679. The fourth-order valence-corrected chi connectivity index (χ4v) is 2.94. The van der Waals surface area contributed by atoms with Crippen molar-refractivity contribution in [3.63, 3.8) is 0 Å². The molecule has 6 heteroatoms. The lowest BCUT2D eigenvalue weighted by atomic mass is 10.1. The molecule has 3 rings (SSSR count).